The van der Waals surface area contributed by atoms with Crippen LogP contribution in [0.5, 0.6) is 0 Å². The second-order valence-electron chi connectivity index (χ2n) is 8.72. The van der Waals surface area contributed by atoms with Gasteiger partial charge in [0, 0.05) is 29.2 Å². The van der Waals surface area contributed by atoms with Crippen LogP contribution in [0.3, 0.4) is 0 Å². The van der Waals surface area contributed by atoms with Crippen LogP contribution in [0.15, 0.2) is 96.6 Å². The number of aromatic nitrogens is 4. The van der Waals surface area contributed by atoms with E-state index in [1.165, 1.54) is 24.7 Å². The third-order valence-electron chi connectivity index (χ3n) is 5.83. The first-order valence-electron chi connectivity index (χ1n) is 12.0. The van der Waals surface area contributed by atoms with Crippen LogP contribution in [0.1, 0.15) is 16.8 Å². The summed E-state index contributed by atoms with van der Waals surface area (Å²) in [7, 11) is 0. The lowest BCUT2D eigenvalue weighted by Gasteiger charge is -2.12. The summed E-state index contributed by atoms with van der Waals surface area (Å²) in [6, 6.07) is 18.0. The van der Waals surface area contributed by atoms with E-state index in [0.29, 0.717) is 16.9 Å². The van der Waals surface area contributed by atoms with Crippen molar-refractivity contribution >= 4 is 23.5 Å². The van der Waals surface area contributed by atoms with Crippen molar-refractivity contribution in [3.8, 4) is 22.4 Å². The largest absolute Gasteiger partial charge is 0.416 e. The second kappa shape index (κ2) is 11.3. The first-order valence-corrected chi connectivity index (χ1v) is 12.0. The number of nitrogens with one attached hydrogen (secondary N) is 2. The fourth-order valence-corrected chi connectivity index (χ4v) is 3.85. The molecule has 0 saturated heterocycles. The third-order valence-corrected chi connectivity index (χ3v) is 5.83. The molecular weight excluding hydrogens is 522 g/mol. The summed E-state index contributed by atoms with van der Waals surface area (Å²) >= 11 is 0. The van der Waals surface area contributed by atoms with Gasteiger partial charge in [-0.25, -0.2) is 19.8 Å². The van der Waals surface area contributed by atoms with Gasteiger partial charge in [0.25, 0.3) is 0 Å². The molecule has 200 valence electrons. The van der Waals surface area contributed by atoms with Gasteiger partial charge in [-0.05, 0) is 48.4 Å². The van der Waals surface area contributed by atoms with E-state index in [1.807, 2.05) is 30.3 Å². The zero-order chi connectivity index (χ0) is 28.1. The molecule has 0 atom stereocenters. The molecule has 0 radical (unpaired) electrons. The van der Waals surface area contributed by atoms with Crippen LogP contribution >= 0.6 is 0 Å². The van der Waals surface area contributed by atoms with Crippen LogP contribution in [0.25, 0.3) is 22.4 Å². The van der Waals surface area contributed by atoms with Crippen molar-refractivity contribution in [3.63, 3.8) is 0 Å². The molecule has 0 spiro atoms. The first-order chi connectivity index (χ1) is 19.3. The number of benzene rings is 2. The molecule has 2 N–H and O–H groups in total. The molecule has 0 aliphatic heterocycles. The highest BCUT2D eigenvalue weighted by Gasteiger charge is 2.30. The van der Waals surface area contributed by atoms with E-state index < -0.39 is 17.6 Å². The Hall–Kier alpha value is -5.19. The number of hydrazone groups is 1. The van der Waals surface area contributed by atoms with Crippen molar-refractivity contribution in [2.75, 3.05) is 10.7 Å². The lowest BCUT2D eigenvalue weighted by Crippen LogP contribution is -2.05. The summed E-state index contributed by atoms with van der Waals surface area (Å²) in [5, 5.41) is 7.04. The molecule has 0 unspecified atom stereocenters. The van der Waals surface area contributed by atoms with Crippen LogP contribution in [-0.4, -0.2) is 26.2 Å². The lowest BCUT2D eigenvalue weighted by molar-refractivity contribution is -0.137. The van der Waals surface area contributed by atoms with Crippen molar-refractivity contribution < 1.29 is 17.6 Å². The first kappa shape index (κ1) is 26.4. The maximum Gasteiger partial charge on any atom is 0.416 e. The van der Waals surface area contributed by atoms with E-state index in [-0.39, 0.29) is 17.3 Å². The zero-order valence-corrected chi connectivity index (χ0v) is 21.0. The maximum atomic E-state index is 14.6. The van der Waals surface area contributed by atoms with Crippen LogP contribution in [0.4, 0.5) is 34.9 Å². The smallest absolute Gasteiger partial charge is 0.354 e. The molecule has 5 rings (SSSR count). The molecule has 3 heterocycles. The number of aryl methyl sites for hydroxylation is 1. The fourth-order valence-electron chi connectivity index (χ4n) is 3.85. The molecule has 3 aromatic heterocycles. The van der Waals surface area contributed by atoms with Crippen molar-refractivity contribution in [2.24, 2.45) is 5.10 Å². The number of halogens is 4. The highest BCUT2D eigenvalue weighted by molar-refractivity contribution is 5.79. The molecule has 2 aromatic carbocycles. The van der Waals surface area contributed by atoms with Crippen molar-refractivity contribution in [3.05, 3.63) is 114 Å². The number of pyridine rings is 2. The molecular formula is C29H21F4N7. The molecule has 0 bridgehead atoms. The molecule has 0 fully saturated rings. The summed E-state index contributed by atoms with van der Waals surface area (Å²) in [6.45, 7) is 1.79. The van der Waals surface area contributed by atoms with Gasteiger partial charge in [0.15, 0.2) is 5.82 Å². The van der Waals surface area contributed by atoms with Gasteiger partial charge in [0.2, 0.25) is 5.95 Å². The van der Waals surface area contributed by atoms with Gasteiger partial charge >= 0.3 is 6.18 Å². The Labute approximate surface area is 226 Å². The highest BCUT2D eigenvalue weighted by Crippen LogP contribution is 2.32. The third kappa shape index (κ3) is 6.26. The number of hydrogen-bond donors (Lipinski definition) is 2. The molecule has 0 aliphatic carbocycles. The predicted molar refractivity (Wildman–Crippen MR) is 146 cm³/mol. The standard InChI is InChI=1S/C29H21F4N7/c1-18-10-24(35-17-26(18)38-23-9-5-8-22(12-23)29(31,32)33)15-37-40-28-36-16-25(30)27(39-28)21-11-20(13-34-14-21)19-6-3-2-4-7-19/h2-17,38H,1H3,(H,36,39,40)/b37-15+. The quantitative estimate of drug-likeness (QED) is 0.128. The lowest BCUT2D eigenvalue weighted by atomic mass is 10.0. The minimum atomic E-state index is -4.43. The van der Waals surface area contributed by atoms with E-state index in [2.05, 4.69) is 35.8 Å². The molecule has 40 heavy (non-hydrogen) atoms. The number of nitrogens with zero attached hydrogens (tertiary/aromatic N) is 5. The van der Waals surface area contributed by atoms with Gasteiger partial charge in [-0.15, -0.1) is 0 Å². The van der Waals surface area contributed by atoms with E-state index in [4.69, 9.17) is 0 Å². The van der Waals surface area contributed by atoms with Crippen molar-refractivity contribution in [1.29, 1.82) is 0 Å². The number of alkyl halides is 3. The van der Waals surface area contributed by atoms with E-state index in [0.717, 1.165) is 35.0 Å². The van der Waals surface area contributed by atoms with Gasteiger partial charge < -0.3 is 5.32 Å². The number of rotatable bonds is 7. The second-order valence-corrected chi connectivity index (χ2v) is 8.72. The molecule has 0 aliphatic rings. The summed E-state index contributed by atoms with van der Waals surface area (Å²) in [5.74, 6) is -0.542. The minimum absolute atomic E-state index is 0.0666. The predicted octanol–water partition coefficient (Wildman–Crippen LogP) is 7.26. The Bertz CT molecular complexity index is 1670. The number of hydrogen-bond acceptors (Lipinski definition) is 7. The van der Waals surface area contributed by atoms with Crippen LogP contribution < -0.4 is 10.7 Å². The van der Waals surface area contributed by atoms with Gasteiger partial charge in [-0.1, -0.05) is 36.4 Å². The van der Waals surface area contributed by atoms with E-state index in [9.17, 15) is 17.6 Å². The average molecular weight is 544 g/mol. The normalized spacial score (nSPS) is 11.5. The topological polar surface area (TPSA) is 88.0 Å². The average Bonchev–Trinajstić information content (AvgIpc) is 2.95. The van der Waals surface area contributed by atoms with Crippen molar-refractivity contribution in [1.82, 2.24) is 19.9 Å². The summed E-state index contributed by atoms with van der Waals surface area (Å²) < 4.78 is 53.6. The van der Waals surface area contributed by atoms with E-state index >= 15 is 0 Å². The van der Waals surface area contributed by atoms with Crippen LogP contribution in [-0.2, 0) is 6.18 Å². The van der Waals surface area contributed by atoms with Gasteiger partial charge in [-0.2, -0.15) is 18.3 Å². The number of anilines is 3. The summed E-state index contributed by atoms with van der Waals surface area (Å²) in [4.78, 5) is 16.7. The minimum Gasteiger partial charge on any atom is -0.354 e. The Balaban J connectivity index is 1.29. The molecule has 7 nitrogen and oxygen atoms in total. The fraction of sp³-hybridized carbons (Fsp3) is 0.0690. The highest BCUT2D eigenvalue weighted by atomic mass is 19.4. The summed E-state index contributed by atoms with van der Waals surface area (Å²) in [6.07, 6.45) is 2.74. The maximum absolute atomic E-state index is 14.6. The zero-order valence-electron chi connectivity index (χ0n) is 21.0. The van der Waals surface area contributed by atoms with Crippen molar-refractivity contribution in [2.45, 2.75) is 13.1 Å². The Morgan fingerprint density at radius 3 is 2.40 bits per heavy atom. The van der Waals surface area contributed by atoms with Gasteiger partial charge in [-0.3, -0.25) is 9.97 Å². The molecule has 5 aromatic rings. The van der Waals surface area contributed by atoms with Crippen LogP contribution in [0, 0.1) is 12.7 Å². The van der Waals surface area contributed by atoms with Gasteiger partial charge in [0.1, 0.15) is 5.69 Å². The Morgan fingerprint density at radius 1 is 0.825 bits per heavy atom. The van der Waals surface area contributed by atoms with Gasteiger partial charge in [0.05, 0.1) is 35.6 Å². The van der Waals surface area contributed by atoms with Crippen LogP contribution in [0.2, 0.25) is 0 Å². The Morgan fingerprint density at radius 2 is 1.62 bits per heavy atom. The molecule has 0 amide bonds. The summed E-state index contributed by atoms with van der Waals surface area (Å²) in [5.41, 5.74) is 6.27. The molecule has 0 saturated carbocycles. The SMILES string of the molecule is Cc1cc(/C=N/Nc2ncc(F)c(-c3cncc(-c4ccccc4)c3)n2)ncc1Nc1cccc(C(F)(F)F)c1. The Kier molecular flexibility index (Phi) is 7.45. The van der Waals surface area contributed by atoms with E-state index in [1.54, 1.807) is 31.3 Å². The monoisotopic (exact) mass is 543 g/mol. The molecule has 11 heteroatoms.